The lowest BCUT2D eigenvalue weighted by molar-refractivity contribution is -0.0951. The van der Waals surface area contributed by atoms with Gasteiger partial charge in [-0.2, -0.15) is 0 Å². The highest BCUT2D eigenvalue weighted by molar-refractivity contribution is 5.83. The molecule has 1 aromatic rings. The van der Waals surface area contributed by atoms with Crippen molar-refractivity contribution >= 4 is 11.9 Å². The molecule has 0 aliphatic carbocycles. The maximum absolute atomic E-state index is 13.3. The predicted molar refractivity (Wildman–Crippen MR) is 89.8 cm³/mol. The predicted octanol–water partition coefficient (Wildman–Crippen LogP) is 2.11. The summed E-state index contributed by atoms with van der Waals surface area (Å²) in [7, 11) is 1.62. The van der Waals surface area contributed by atoms with Crippen molar-refractivity contribution < 1.29 is 9.23 Å². The van der Waals surface area contributed by atoms with Gasteiger partial charge in [-0.1, -0.05) is 0 Å². The Morgan fingerprint density at radius 1 is 1.21 bits per heavy atom. The third-order valence-corrected chi connectivity index (χ3v) is 4.40. The molecule has 4 rings (SSSR count). The molecule has 0 atom stereocenters. The smallest absolute Gasteiger partial charge is 0.144 e. The number of hydroxylamine groups is 2. The fraction of sp³-hybridized carbons (Fsp3) is 0.235. The Kier molecular flexibility index (Phi) is 3.31. The maximum Gasteiger partial charge on any atom is 0.144 e. The molecule has 0 amide bonds. The second-order valence-electron chi connectivity index (χ2n) is 5.91. The summed E-state index contributed by atoms with van der Waals surface area (Å²) < 4.78 is 13.3. The van der Waals surface area contributed by atoms with Gasteiger partial charge in [0, 0.05) is 12.2 Å². The number of fused-ring (bicyclic) bond motifs is 2. The van der Waals surface area contributed by atoms with Gasteiger partial charge in [0.05, 0.1) is 30.9 Å². The first kappa shape index (κ1) is 14.8. The van der Waals surface area contributed by atoms with Gasteiger partial charge in [0.2, 0.25) is 0 Å². The Morgan fingerprint density at radius 3 is 2.67 bits per heavy atom. The van der Waals surface area contributed by atoms with E-state index in [1.54, 1.807) is 30.5 Å². The number of halogens is 1. The van der Waals surface area contributed by atoms with Crippen LogP contribution < -0.4 is 10.6 Å². The number of nitrogens with zero attached hydrogens (tertiary/aromatic N) is 4. The molecule has 124 valence electrons. The fourth-order valence-electron chi connectivity index (χ4n) is 3.10. The summed E-state index contributed by atoms with van der Waals surface area (Å²) in [6.07, 6.45) is 3.67. The molecule has 2 N–H and O–H groups in total. The van der Waals surface area contributed by atoms with Crippen LogP contribution in [0.15, 0.2) is 63.9 Å². The van der Waals surface area contributed by atoms with Crippen molar-refractivity contribution in [2.24, 2.45) is 10.7 Å². The lowest BCUT2D eigenvalue weighted by Gasteiger charge is -2.40. The van der Waals surface area contributed by atoms with Crippen LogP contribution in [0.2, 0.25) is 0 Å². The molecule has 0 spiro atoms. The number of hydrogen-bond acceptors (Lipinski definition) is 6. The first-order valence-electron chi connectivity index (χ1n) is 7.65. The molecule has 1 aromatic carbocycles. The Morgan fingerprint density at radius 2 is 1.96 bits per heavy atom. The SMILES string of the molecule is CON1C=C2C=NC3=C(N2C1)N(c1ccc(F)cc1)CC(C)=C3N. The number of aliphatic imine (C=N–C) groups is 1. The number of anilines is 1. The molecular weight excluding hydrogens is 309 g/mol. The van der Waals surface area contributed by atoms with Crippen molar-refractivity contribution in [3.63, 3.8) is 0 Å². The highest BCUT2D eigenvalue weighted by Gasteiger charge is 2.36. The van der Waals surface area contributed by atoms with Crippen LogP contribution in [0.3, 0.4) is 0 Å². The van der Waals surface area contributed by atoms with Gasteiger partial charge >= 0.3 is 0 Å². The van der Waals surface area contributed by atoms with Gasteiger partial charge in [-0.05, 0) is 36.8 Å². The molecule has 24 heavy (non-hydrogen) atoms. The van der Waals surface area contributed by atoms with Crippen molar-refractivity contribution in [1.82, 2.24) is 9.96 Å². The van der Waals surface area contributed by atoms with E-state index in [1.165, 1.54) is 12.1 Å². The van der Waals surface area contributed by atoms with Crippen LogP contribution in [-0.4, -0.2) is 36.5 Å². The molecule has 0 radical (unpaired) electrons. The van der Waals surface area contributed by atoms with E-state index in [0.29, 0.717) is 18.9 Å². The van der Waals surface area contributed by atoms with Crippen LogP contribution >= 0.6 is 0 Å². The topological polar surface area (TPSA) is 57.3 Å². The zero-order valence-electron chi connectivity index (χ0n) is 13.5. The van der Waals surface area contributed by atoms with Crippen LogP contribution in [0.4, 0.5) is 10.1 Å². The standard InChI is InChI=1S/C17H18FN5O/c1-11-8-22(13-5-3-12(18)4-6-13)17-16(15(11)19)20-7-14-9-21(24-2)10-23(14)17/h3-7,9H,8,10,19H2,1-2H3. The molecular formula is C17H18FN5O. The van der Waals surface area contributed by atoms with E-state index >= 15 is 0 Å². The van der Waals surface area contributed by atoms with Crippen LogP contribution in [0.1, 0.15) is 6.92 Å². The maximum atomic E-state index is 13.3. The van der Waals surface area contributed by atoms with E-state index in [1.807, 2.05) is 13.1 Å². The second-order valence-corrected chi connectivity index (χ2v) is 5.91. The molecule has 0 fully saturated rings. The third kappa shape index (κ3) is 2.16. The van der Waals surface area contributed by atoms with Crippen molar-refractivity contribution in [3.8, 4) is 0 Å². The first-order chi connectivity index (χ1) is 11.6. The third-order valence-electron chi connectivity index (χ3n) is 4.40. The average molecular weight is 327 g/mol. The summed E-state index contributed by atoms with van der Waals surface area (Å²) >= 11 is 0. The van der Waals surface area contributed by atoms with Crippen molar-refractivity contribution in [3.05, 3.63) is 64.8 Å². The number of nitrogens with two attached hydrogens (primary N) is 1. The molecule has 3 aliphatic rings. The Bertz CT molecular complexity index is 809. The largest absolute Gasteiger partial charge is 0.397 e. The van der Waals surface area contributed by atoms with Gasteiger partial charge < -0.3 is 15.5 Å². The summed E-state index contributed by atoms with van der Waals surface area (Å²) in [5.41, 5.74) is 10.6. The van der Waals surface area contributed by atoms with E-state index in [-0.39, 0.29) is 5.82 Å². The number of hydrogen-bond donors (Lipinski definition) is 1. The normalized spacial score (nSPS) is 19.8. The number of rotatable bonds is 2. The van der Waals surface area contributed by atoms with E-state index in [4.69, 9.17) is 10.6 Å². The summed E-state index contributed by atoms with van der Waals surface area (Å²) in [4.78, 5) is 14.1. The Labute approximate surface area is 139 Å². The first-order valence-corrected chi connectivity index (χ1v) is 7.65. The van der Waals surface area contributed by atoms with Crippen LogP contribution in [0.5, 0.6) is 0 Å². The molecule has 6 nitrogen and oxygen atoms in total. The summed E-state index contributed by atoms with van der Waals surface area (Å²) in [5.74, 6) is 0.628. The van der Waals surface area contributed by atoms with Gasteiger partial charge in [-0.15, -0.1) is 0 Å². The van der Waals surface area contributed by atoms with E-state index in [0.717, 1.165) is 28.5 Å². The van der Waals surface area contributed by atoms with Gasteiger partial charge in [-0.3, -0.25) is 4.84 Å². The summed E-state index contributed by atoms with van der Waals surface area (Å²) in [6, 6.07) is 6.45. The summed E-state index contributed by atoms with van der Waals surface area (Å²) in [6.45, 7) is 3.16. The van der Waals surface area contributed by atoms with Crippen LogP contribution in [-0.2, 0) is 4.84 Å². The van der Waals surface area contributed by atoms with Crippen LogP contribution in [0.25, 0.3) is 0 Å². The lowest BCUT2D eigenvalue weighted by atomic mass is 10.1. The van der Waals surface area contributed by atoms with Gasteiger partial charge in [-0.25, -0.2) is 14.4 Å². The van der Waals surface area contributed by atoms with E-state index in [2.05, 4.69) is 14.8 Å². The molecule has 0 bridgehead atoms. The molecule has 0 unspecified atom stereocenters. The van der Waals surface area contributed by atoms with Crippen LogP contribution in [0, 0.1) is 5.82 Å². The van der Waals surface area contributed by atoms with Gasteiger partial charge in [0.15, 0.2) is 0 Å². The van der Waals surface area contributed by atoms with Crippen molar-refractivity contribution in [1.29, 1.82) is 0 Å². The monoisotopic (exact) mass is 327 g/mol. The zero-order valence-corrected chi connectivity index (χ0v) is 13.5. The minimum atomic E-state index is -0.259. The number of allylic oxidation sites excluding steroid dienone is 1. The Hall–Kier alpha value is -2.80. The molecule has 7 heteroatoms. The highest BCUT2D eigenvalue weighted by Crippen LogP contribution is 2.37. The van der Waals surface area contributed by atoms with Gasteiger partial charge in [0.1, 0.15) is 24.0 Å². The summed E-state index contributed by atoms with van der Waals surface area (Å²) in [5, 5.41) is 1.72. The van der Waals surface area contributed by atoms with Gasteiger partial charge in [0.25, 0.3) is 0 Å². The average Bonchev–Trinajstić information content (AvgIpc) is 3.02. The second kappa shape index (κ2) is 5.38. The quantitative estimate of drug-likeness (QED) is 0.902. The molecule has 0 aromatic heterocycles. The molecule has 3 heterocycles. The number of benzene rings is 1. The molecule has 3 aliphatic heterocycles. The highest BCUT2D eigenvalue weighted by atomic mass is 19.1. The minimum absolute atomic E-state index is 0.259. The Balaban J connectivity index is 1.82. The molecule has 0 saturated carbocycles. The fourth-order valence-corrected chi connectivity index (χ4v) is 3.10. The van der Waals surface area contributed by atoms with E-state index < -0.39 is 0 Å². The van der Waals surface area contributed by atoms with Crippen molar-refractivity contribution in [2.75, 3.05) is 25.2 Å². The van der Waals surface area contributed by atoms with Crippen molar-refractivity contribution in [2.45, 2.75) is 6.92 Å². The van der Waals surface area contributed by atoms with E-state index in [9.17, 15) is 4.39 Å². The zero-order chi connectivity index (χ0) is 16.8. The minimum Gasteiger partial charge on any atom is -0.397 e. The lowest BCUT2D eigenvalue weighted by Crippen LogP contribution is -2.43. The molecule has 0 saturated heterocycles.